The summed E-state index contributed by atoms with van der Waals surface area (Å²) in [7, 11) is 2.13. The molecule has 0 unspecified atom stereocenters. The van der Waals surface area contributed by atoms with Crippen LogP contribution in [0.25, 0.3) is 88.1 Å². The Bertz CT molecular complexity index is 7030. The molecular weight excluding hydrogens is 1880 g/mol. The van der Waals surface area contributed by atoms with E-state index in [0.29, 0.717) is 53.1 Å². The molecule has 8 fully saturated rings. The fraction of sp³-hybridized carbons (Fsp3) is 0.348. The number of pyridine rings is 7. The van der Waals surface area contributed by atoms with Crippen molar-refractivity contribution in [3.8, 4) is 44.5 Å². The lowest BCUT2D eigenvalue weighted by molar-refractivity contribution is 0.0341. The van der Waals surface area contributed by atoms with Crippen LogP contribution >= 0.6 is 0 Å². The number of anilines is 7. The standard InChI is InChI=1S/C29H32N6O2.C28H32N8O2.C28H31N7O2.C27H29N7O3/c36-29(31-25-6-3-21(4-7-25)19-34-9-1-2-10-34)28-26-16-23(5-8-27(26)32-33-28)24-15-22(17-30-18-24)20-35-11-13-37-14-12-35;1-34-6-8-36(9-7-34)26-5-3-23(18-30-26)31-28(37)27-24-15-21(2-4-25(24)32-33-27)22-14-20(16-29-17-22)19-35-10-12-38-13-11-35;36-28(31-23-5-7-26(30-18-23)35-8-2-1-3-9-35)27-24-15-21(4-6-25(24)32-33-27)22-14-20(16-29-17-22)19-34-10-12-37-13-11-34;35-27(30-22-2-4-25(29-17-22)34-7-11-37-12-8-34)26-23-14-20(1-3-24(23)31-32-26)21-13-19(15-28-16-21)18-33-5-9-36-10-6-33/h3-8,15-18H,1-2,9-14,19-20H2,(H,31,36)(H,32,33);2-5,14-18H,6-13,19H2,1H3,(H,31,37)(H,32,33);4-7,14-18H,1-3,8-13,19H2,(H,31,36)(H,32,33);1-4,13-17H,5-12,18H2,(H,30,35)(H,31,32). The molecule has 4 amide bonds. The first-order chi connectivity index (χ1) is 73.3. The molecule has 0 aliphatic carbocycles. The molecule has 37 heteroatoms. The Morgan fingerprint density at radius 3 is 0.832 bits per heavy atom. The number of fused-ring (bicyclic) bond motifs is 4. The van der Waals surface area contributed by atoms with E-state index in [0.717, 1.165) is 324 Å². The Balaban J connectivity index is 0.000000116. The lowest BCUT2D eigenvalue weighted by atomic mass is 10.0. The van der Waals surface area contributed by atoms with Crippen LogP contribution in [-0.2, 0) is 56.4 Å². The van der Waals surface area contributed by atoms with Crippen LogP contribution in [0.5, 0.6) is 0 Å². The van der Waals surface area contributed by atoms with Crippen molar-refractivity contribution in [3.05, 3.63) is 276 Å². The van der Waals surface area contributed by atoms with Gasteiger partial charge in [-0.15, -0.1) is 0 Å². The number of carbonyl (C=O) groups excluding carboxylic acids is 4. The van der Waals surface area contributed by atoms with Crippen LogP contribution < -0.4 is 36.0 Å². The van der Waals surface area contributed by atoms with E-state index < -0.39 is 0 Å². The average Bonchev–Trinajstić information content (AvgIpc) is 1.67. The van der Waals surface area contributed by atoms with E-state index >= 15 is 0 Å². The summed E-state index contributed by atoms with van der Waals surface area (Å²) in [5, 5.41) is 44.1. The van der Waals surface area contributed by atoms with Crippen LogP contribution in [0.4, 0.5) is 40.2 Å². The highest BCUT2D eigenvalue weighted by atomic mass is 16.5. The maximum absolute atomic E-state index is 13.2. The maximum atomic E-state index is 13.2. The van der Waals surface area contributed by atoms with Crippen LogP contribution in [0.1, 0.15) is 102 Å². The fourth-order valence-corrected chi connectivity index (χ4v) is 20.0. The lowest BCUT2D eigenvalue weighted by Gasteiger charge is -2.33. The van der Waals surface area contributed by atoms with Gasteiger partial charge in [-0.2, -0.15) is 20.4 Å². The van der Waals surface area contributed by atoms with Crippen molar-refractivity contribution in [3.63, 3.8) is 0 Å². The van der Waals surface area contributed by atoms with E-state index in [1.165, 1.54) is 50.8 Å². The van der Waals surface area contributed by atoms with Crippen molar-refractivity contribution >= 4 is 107 Å². The zero-order valence-electron chi connectivity index (χ0n) is 83.9. The number of amides is 4. The average molecular weight is 2010 g/mol. The molecule has 8 aliphatic heterocycles. The summed E-state index contributed by atoms with van der Waals surface area (Å²) in [6, 6.07) is 52.2. The summed E-state index contributed by atoms with van der Waals surface area (Å²) < 4.78 is 27.2. The molecule has 24 rings (SSSR count). The van der Waals surface area contributed by atoms with Crippen molar-refractivity contribution in [2.75, 3.05) is 227 Å². The Morgan fingerprint density at radius 1 is 0.255 bits per heavy atom. The van der Waals surface area contributed by atoms with Gasteiger partial charge < -0.3 is 64.6 Å². The first-order valence-corrected chi connectivity index (χ1v) is 51.7. The normalized spacial score (nSPS) is 16.9. The molecule has 11 aromatic heterocycles. The van der Waals surface area contributed by atoms with Gasteiger partial charge in [-0.25, -0.2) is 15.0 Å². The zero-order chi connectivity index (χ0) is 101. The lowest BCUT2D eigenvalue weighted by Crippen LogP contribution is -2.44. The first-order valence-electron chi connectivity index (χ1n) is 51.7. The first kappa shape index (κ1) is 99.8. The molecule has 0 radical (unpaired) electrons. The molecule has 149 heavy (non-hydrogen) atoms. The van der Waals surface area contributed by atoms with E-state index in [-0.39, 0.29) is 23.6 Å². The molecule has 37 nitrogen and oxygen atoms in total. The van der Waals surface area contributed by atoms with Gasteiger partial charge in [0.1, 0.15) is 17.5 Å². The largest absolute Gasteiger partial charge is 0.379 e. The topological polar surface area (TPSA) is 397 Å². The van der Waals surface area contributed by atoms with Crippen LogP contribution in [-0.4, -0.2) is 320 Å². The number of likely N-dealkylation sites (N-methyl/N-ethyl adjacent to an activating group) is 1. The van der Waals surface area contributed by atoms with Crippen molar-refractivity contribution < 1.29 is 42.9 Å². The number of piperidine rings is 1. The molecular formula is C112H124N28O9. The number of H-pyrrole nitrogens is 4. The third-order valence-electron chi connectivity index (χ3n) is 28.3. The van der Waals surface area contributed by atoms with Crippen LogP contribution in [0.2, 0.25) is 0 Å². The SMILES string of the molecule is CN1CCN(c2ccc(NC(=O)c3n[nH]c4ccc(-c5cncc(CN6CCOCC6)c5)cc34)cn2)CC1.O=C(Nc1ccc(CN2CCCC2)cc1)c1n[nH]c2ccc(-c3cncc(CN4CCOCC4)c3)cc12.O=C(Nc1ccc(N2CCCCC2)nc1)c1n[nH]c2ccc(-c3cncc(CN4CCOCC4)c3)cc12.O=C(Nc1ccc(N2CCOCC2)nc1)c1n[nH]c2ccc(-c3cncc(CN4CCOCC4)c3)cc12. The number of hydrogen-bond donors (Lipinski definition) is 8. The zero-order valence-corrected chi connectivity index (χ0v) is 83.9. The van der Waals surface area contributed by atoms with Crippen molar-refractivity contribution in [1.82, 2.24) is 105 Å². The molecule has 8 aliphatic rings. The number of nitrogens with zero attached hydrogens (tertiary/aromatic N) is 20. The Labute approximate surface area is 863 Å². The molecule has 8 N–H and O–H groups in total. The Morgan fingerprint density at radius 2 is 0.523 bits per heavy atom. The number of aromatic amines is 4. The number of rotatable bonds is 25. The molecule has 0 bridgehead atoms. The molecule has 5 aromatic carbocycles. The number of morpholine rings is 5. The highest BCUT2D eigenvalue weighted by molar-refractivity contribution is 6.15. The van der Waals surface area contributed by atoms with Crippen molar-refractivity contribution in [1.29, 1.82) is 0 Å². The second-order valence-electron chi connectivity index (χ2n) is 38.9. The number of hydrogen-bond acceptors (Lipinski definition) is 29. The number of nitrogens with one attached hydrogen (secondary N) is 8. The van der Waals surface area contributed by atoms with Gasteiger partial charge in [0.05, 0.1) is 124 Å². The van der Waals surface area contributed by atoms with Gasteiger partial charge in [0.25, 0.3) is 23.6 Å². The van der Waals surface area contributed by atoms with E-state index in [9.17, 15) is 19.2 Å². The summed E-state index contributed by atoms with van der Waals surface area (Å²) in [6.45, 7) is 29.3. The van der Waals surface area contributed by atoms with Gasteiger partial charge in [-0.05, 0) is 224 Å². The van der Waals surface area contributed by atoms with Crippen LogP contribution in [0.15, 0.2) is 226 Å². The third kappa shape index (κ3) is 25.6. The molecule has 766 valence electrons. The summed E-state index contributed by atoms with van der Waals surface area (Å²) in [6.07, 6.45) is 26.4. The second kappa shape index (κ2) is 48.2. The van der Waals surface area contributed by atoms with Gasteiger partial charge in [0.2, 0.25) is 0 Å². The van der Waals surface area contributed by atoms with Crippen LogP contribution in [0, 0.1) is 0 Å². The number of carbonyl (C=O) groups is 4. The maximum Gasteiger partial charge on any atom is 0.276 e. The van der Waals surface area contributed by atoms with Crippen molar-refractivity contribution in [2.24, 2.45) is 0 Å². The summed E-state index contributed by atoms with van der Waals surface area (Å²) >= 11 is 0. The number of likely N-dealkylation sites (tertiary alicyclic amines) is 1. The molecule has 0 spiro atoms. The predicted molar refractivity (Wildman–Crippen MR) is 576 cm³/mol. The number of benzene rings is 5. The summed E-state index contributed by atoms with van der Waals surface area (Å²) in [4.78, 5) is 105. The van der Waals surface area contributed by atoms with Gasteiger partial charge in [0, 0.05) is 237 Å². The van der Waals surface area contributed by atoms with E-state index in [1.807, 2.05) is 171 Å². The third-order valence-corrected chi connectivity index (χ3v) is 28.3. The minimum atomic E-state index is -0.288. The Kier molecular flexibility index (Phi) is 32.3. The molecule has 0 atom stereocenters. The van der Waals surface area contributed by atoms with E-state index in [4.69, 9.17) is 23.7 Å². The van der Waals surface area contributed by atoms with Crippen LogP contribution in [0.3, 0.4) is 0 Å². The number of ether oxygens (including phenoxy) is 5. The van der Waals surface area contributed by atoms with E-state index in [2.05, 4.69) is 184 Å². The molecule has 0 saturated carbocycles. The monoisotopic (exact) mass is 2010 g/mol. The van der Waals surface area contributed by atoms with Gasteiger partial charge >= 0.3 is 0 Å². The minimum absolute atomic E-state index is 0.227. The highest BCUT2D eigenvalue weighted by Crippen LogP contribution is 2.35. The number of piperazine rings is 1. The van der Waals surface area contributed by atoms with Gasteiger partial charge in [-0.3, -0.25) is 84.0 Å². The quantitative estimate of drug-likeness (QED) is 0.0263. The molecule has 16 aromatic rings. The molecule has 8 saturated heterocycles. The smallest absolute Gasteiger partial charge is 0.276 e. The van der Waals surface area contributed by atoms with Crippen molar-refractivity contribution in [2.45, 2.75) is 64.8 Å². The second-order valence-corrected chi connectivity index (χ2v) is 38.9. The Hall–Kier alpha value is -15.1. The molecule has 19 heterocycles. The number of aromatic nitrogens is 15. The summed E-state index contributed by atoms with van der Waals surface area (Å²) in [5.41, 5.74) is 21.2. The highest BCUT2D eigenvalue weighted by Gasteiger charge is 2.27. The van der Waals surface area contributed by atoms with E-state index in [1.54, 1.807) is 18.6 Å². The fourth-order valence-electron chi connectivity index (χ4n) is 20.0. The van der Waals surface area contributed by atoms with Gasteiger partial charge in [0.15, 0.2) is 22.8 Å². The minimum Gasteiger partial charge on any atom is -0.379 e. The van der Waals surface area contributed by atoms with Gasteiger partial charge in [-0.1, -0.05) is 36.4 Å². The summed E-state index contributed by atoms with van der Waals surface area (Å²) in [5.74, 6) is 1.70. The predicted octanol–water partition coefficient (Wildman–Crippen LogP) is 14.2.